The van der Waals surface area contributed by atoms with Crippen LogP contribution in [0, 0.1) is 16.7 Å². The zero-order valence-corrected chi connectivity index (χ0v) is 13.7. The third-order valence-electron chi connectivity index (χ3n) is 6.46. The molecule has 0 radical (unpaired) electrons. The lowest BCUT2D eigenvalue weighted by molar-refractivity contribution is 0.0146. The van der Waals surface area contributed by atoms with E-state index in [2.05, 4.69) is 31.0 Å². The Balaban J connectivity index is 2.29. The molecule has 0 aromatic heterocycles. The number of nitrogens with zero attached hydrogens (tertiary/aromatic N) is 1. The van der Waals surface area contributed by atoms with E-state index in [0.29, 0.717) is 37.6 Å². The first kappa shape index (κ1) is 17.2. The summed E-state index contributed by atoms with van der Waals surface area (Å²) in [6.45, 7) is 9.25. The highest BCUT2D eigenvalue weighted by atomic mass is 16.3. The Morgan fingerprint density at radius 1 is 1.05 bits per heavy atom. The van der Waals surface area contributed by atoms with Crippen LogP contribution in [-0.2, 0) is 0 Å². The average Bonchev–Trinajstić information content (AvgIpc) is 2.75. The first-order valence-electron chi connectivity index (χ1n) is 8.24. The van der Waals surface area contributed by atoms with Gasteiger partial charge < -0.3 is 20.6 Å². The second-order valence-electron chi connectivity index (χ2n) is 7.42. The van der Waals surface area contributed by atoms with Crippen molar-refractivity contribution in [3.05, 3.63) is 0 Å². The number of aliphatic hydroxyl groups excluding tert-OH is 3. The van der Waals surface area contributed by atoms with Crippen molar-refractivity contribution >= 4 is 0 Å². The molecule has 2 fully saturated rings. The molecule has 4 N–H and O–H groups in total. The van der Waals surface area contributed by atoms with E-state index in [4.69, 9.17) is 5.11 Å². The Morgan fingerprint density at radius 3 is 2.19 bits per heavy atom. The van der Waals surface area contributed by atoms with E-state index in [0.717, 1.165) is 0 Å². The molecule has 5 nitrogen and oxygen atoms in total. The van der Waals surface area contributed by atoms with Gasteiger partial charge in [-0.1, -0.05) is 20.8 Å². The van der Waals surface area contributed by atoms with Gasteiger partial charge >= 0.3 is 0 Å². The van der Waals surface area contributed by atoms with Crippen LogP contribution in [0.5, 0.6) is 0 Å². The van der Waals surface area contributed by atoms with Crippen molar-refractivity contribution in [3.63, 3.8) is 0 Å². The molecule has 5 heteroatoms. The summed E-state index contributed by atoms with van der Waals surface area (Å²) in [5, 5.41) is 31.5. The molecule has 0 amide bonds. The average molecular weight is 300 g/mol. The van der Waals surface area contributed by atoms with E-state index in [1.165, 1.54) is 12.8 Å². The van der Waals surface area contributed by atoms with Gasteiger partial charge in [-0.05, 0) is 29.6 Å². The molecule has 21 heavy (non-hydrogen) atoms. The fraction of sp³-hybridized carbons (Fsp3) is 1.00. The van der Waals surface area contributed by atoms with Crippen LogP contribution in [0.25, 0.3) is 0 Å². The van der Waals surface area contributed by atoms with E-state index in [1.807, 2.05) is 0 Å². The number of hydrogen-bond acceptors (Lipinski definition) is 5. The number of rotatable bonds is 8. The smallest absolute Gasteiger partial charge is 0.0558 e. The minimum atomic E-state index is 0.115. The Bertz CT molecular complexity index is 344. The molecule has 2 rings (SSSR count). The third-order valence-corrected chi connectivity index (χ3v) is 6.46. The van der Waals surface area contributed by atoms with Crippen molar-refractivity contribution in [2.75, 3.05) is 39.5 Å². The lowest BCUT2D eigenvalue weighted by Gasteiger charge is -2.46. The minimum Gasteiger partial charge on any atom is -0.395 e. The van der Waals surface area contributed by atoms with Crippen LogP contribution in [0.1, 0.15) is 33.6 Å². The van der Waals surface area contributed by atoms with E-state index >= 15 is 0 Å². The topological polar surface area (TPSA) is 76.0 Å². The molecule has 0 saturated heterocycles. The Morgan fingerprint density at radius 2 is 1.67 bits per heavy atom. The molecule has 0 aromatic rings. The molecule has 2 saturated carbocycles. The maximum absolute atomic E-state index is 9.39. The van der Waals surface area contributed by atoms with Crippen LogP contribution in [0.3, 0.4) is 0 Å². The van der Waals surface area contributed by atoms with Gasteiger partial charge in [-0.3, -0.25) is 4.90 Å². The van der Waals surface area contributed by atoms with Gasteiger partial charge in [0, 0.05) is 31.7 Å². The second kappa shape index (κ2) is 6.50. The normalized spacial score (nSPS) is 37.6. The SMILES string of the molecule is CC1(C)[C@H]2CC[C@@]1(C)[C@H](N(CCO)CCO)[C@@H]2NCCO. The van der Waals surface area contributed by atoms with Gasteiger partial charge in [-0.2, -0.15) is 0 Å². The number of fused-ring (bicyclic) bond motifs is 2. The summed E-state index contributed by atoms with van der Waals surface area (Å²) in [6, 6.07) is 0.626. The van der Waals surface area contributed by atoms with E-state index in [-0.39, 0.29) is 30.7 Å². The summed E-state index contributed by atoms with van der Waals surface area (Å²) in [4.78, 5) is 2.25. The van der Waals surface area contributed by atoms with Crippen molar-refractivity contribution in [2.45, 2.75) is 45.7 Å². The van der Waals surface area contributed by atoms with Crippen LogP contribution in [0.2, 0.25) is 0 Å². The highest BCUT2D eigenvalue weighted by molar-refractivity contribution is 5.20. The van der Waals surface area contributed by atoms with Crippen molar-refractivity contribution in [3.8, 4) is 0 Å². The van der Waals surface area contributed by atoms with Gasteiger partial charge in [-0.15, -0.1) is 0 Å². The third kappa shape index (κ3) is 2.63. The molecule has 4 atom stereocenters. The molecular formula is C16H32N2O3. The Kier molecular flexibility index (Phi) is 5.31. The molecule has 0 heterocycles. The fourth-order valence-electron chi connectivity index (χ4n) is 5.10. The standard InChI is InChI=1S/C16H32N2O3/c1-15(2)12-4-5-16(15,3)14(13(12)17-6-9-19)18(7-10-20)8-11-21/h12-14,17,19-21H,4-11H2,1-3H3/t12-,13+,14+,16-/m0/s1. The van der Waals surface area contributed by atoms with Gasteiger partial charge in [-0.25, -0.2) is 0 Å². The molecule has 124 valence electrons. The number of nitrogens with one attached hydrogen (secondary N) is 1. The van der Waals surface area contributed by atoms with Gasteiger partial charge in [0.1, 0.15) is 0 Å². The maximum Gasteiger partial charge on any atom is 0.0558 e. The molecule has 0 aromatic carbocycles. The summed E-state index contributed by atoms with van der Waals surface area (Å²) in [6.07, 6.45) is 2.41. The monoisotopic (exact) mass is 300 g/mol. The predicted octanol–water partition coefficient (Wildman–Crippen LogP) is 0.0482. The van der Waals surface area contributed by atoms with Crippen LogP contribution in [0.4, 0.5) is 0 Å². The predicted molar refractivity (Wildman–Crippen MR) is 83.0 cm³/mol. The first-order valence-corrected chi connectivity index (χ1v) is 8.24. The highest BCUT2D eigenvalue weighted by Crippen LogP contribution is 2.66. The van der Waals surface area contributed by atoms with Gasteiger partial charge in [0.25, 0.3) is 0 Å². The Labute approximate surface area is 128 Å². The largest absolute Gasteiger partial charge is 0.395 e. The molecule has 0 unspecified atom stereocenters. The molecule has 2 bridgehead atoms. The summed E-state index contributed by atoms with van der Waals surface area (Å²) in [7, 11) is 0. The van der Waals surface area contributed by atoms with Crippen molar-refractivity contribution in [2.24, 2.45) is 16.7 Å². The minimum absolute atomic E-state index is 0.115. The quantitative estimate of drug-likeness (QED) is 0.510. The van der Waals surface area contributed by atoms with Gasteiger partial charge in [0.05, 0.1) is 19.8 Å². The van der Waals surface area contributed by atoms with Crippen molar-refractivity contribution in [1.29, 1.82) is 0 Å². The van der Waals surface area contributed by atoms with Crippen LogP contribution < -0.4 is 5.32 Å². The fourth-order valence-corrected chi connectivity index (χ4v) is 5.10. The molecular weight excluding hydrogens is 268 g/mol. The lowest BCUT2D eigenvalue weighted by atomic mass is 9.68. The van der Waals surface area contributed by atoms with Gasteiger partial charge in [0.15, 0.2) is 0 Å². The summed E-state index contributed by atoms with van der Waals surface area (Å²) in [5.41, 5.74) is 0.406. The zero-order valence-electron chi connectivity index (χ0n) is 13.7. The first-order chi connectivity index (χ1) is 9.94. The van der Waals surface area contributed by atoms with Crippen LogP contribution >= 0.6 is 0 Å². The maximum atomic E-state index is 9.39. The van der Waals surface area contributed by atoms with Crippen molar-refractivity contribution < 1.29 is 15.3 Å². The van der Waals surface area contributed by atoms with Gasteiger partial charge in [0.2, 0.25) is 0 Å². The Hall–Kier alpha value is -0.200. The molecule has 2 aliphatic rings. The molecule has 0 aliphatic heterocycles. The zero-order chi connectivity index (χ0) is 15.7. The van der Waals surface area contributed by atoms with E-state index < -0.39 is 0 Å². The number of aliphatic hydroxyl groups is 3. The number of hydrogen-bond donors (Lipinski definition) is 4. The summed E-state index contributed by atoms with van der Waals surface area (Å²) >= 11 is 0. The van der Waals surface area contributed by atoms with Crippen molar-refractivity contribution in [1.82, 2.24) is 10.2 Å². The molecule has 2 aliphatic carbocycles. The van der Waals surface area contributed by atoms with E-state index in [9.17, 15) is 10.2 Å². The lowest BCUT2D eigenvalue weighted by Crippen LogP contribution is -2.58. The summed E-state index contributed by atoms with van der Waals surface area (Å²) < 4.78 is 0. The highest BCUT2D eigenvalue weighted by Gasteiger charge is 2.66. The second-order valence-corrected chi connectivity index (χ2v) is 7.42. The van der Waals surface area contributed by atoms with Crippen LogP contribution in [-0.4, -0.2) is 71.8 Å². The molecule has 0 spiro atoms. The summed E-state index contributed by atoms with van der Waals surface area (Å²) in [5.74, 6) is 0.582. The van der Waals surface area contributed by atoms with E-state index in [1.54, 1.807) is 0 Å². The van der Waals surface area contributed by atoms with Crippen LogP contribution in [0.15, 0.2) is 0 Å².